The molecule has 5 nitrogen and oxygen atoms in total. The van der Waals surface area contributed by atoms with Crippen molar-refractivity contribution in [3.63, 3.8) is 0 Å². The van der Waals surface area contributed by atoms with Gasteiger partial charge in [-0.2, -0.15) is 0 Å². The smallest absolute Gasteiger partial charge is 0.337 e. The quantitative estimate of drug-likeness (QED) is 0.494. The molecule has 0 radical (unpaired) electrons. The van der Waals surface area contributed by atoms with Gasteiger partial charge in [0.1, 0.15) is 0 Å². The minimum absolute atomic E-state index is 0.0468. The molecule has 0 amide bonds. The maximum Gasteiger partial charge on any atom is 0.337 e. The van der Waals surface area contributed by atoms with Gasteiger partial charge in [-0.15, -0.1) is 11.8 Å². The molecule has 0 aromatic heterocycles. The van der Waals surface area contributed by atoms with Crippen LogP contribution in [0.4, 0.5) is 5.69 Å². The first-order valence-corrected chi connectivity index (χ1v) is 7.66. The molecule has 1 fully saturated rings. The second-order valence-corrected chi connectivity index (χ2v) is 6.30. The van der Waals surface area contributed by atoms with Crippen LogP contribution < -0.4 is 5.73 Å². The second-order valence-electron chi connectivity index (χ2n) is 5.29. The van der Waals surface area contributed by atoms with Crippen LogP contribution in [0.1, 0.15) is 29.6 Å². The molecule has 0 unspecified atom stereocenters. The Bertz CT molecular complexity index is 555. The molecule has 2 N–H and O–H groups in total. The lowest BCUT2D eigenvalue weighted by atomic mass is 10.1. The fourth-order valence-corrected chi connectivity index (χ4v) is 3.33. The highest BCUT2D eigenvalue weighted by atomic mass is 32.2. The molecule has 6 heteroatoms. The summed E-state index contributed by atoms with van der Waals surface area (Å²) in [5, 5.41) is 0. The summed E-state index contributed by atoms with van der Waals surface area (Å²) in [6.07, 6.45) is 2.53. The van der Waals surface area contributed by atoms with Gasteiger partial charge in [-0.25, -0.2) is 4.79 Å². The Kier molecular flexibility index (Phi) is 4.77. The number of methoxy groups -OCH3 is 2. The average Bonchev–Trinajstić information content (AvgIpc) is 3.24. The fourth-order valence-electron chi connectivity index (χ4n) is 2.08. The molecular weight excluding hydrogens is 290 g/mol. The number of ether oxygens (including phenoxy) is 2. The zero-order valence-corrected chi connectivity index (χ0v) is 13.0. The summed E-state index contributed by atoms with van der Waals surface area (Å²) < 4.78 is 9.39. The number of esters is 2. The average molecular weight is 309 g/mol. The molecule has 1 aliphatic carbocycles. The molecule has 0 heterocycles. The Labute approximate surface area is 128 Å². The van der Waals surface area contributed by atoms with Gasteiger partial charge in [0.25, 0.3) is 0 Å². The largest absolute Gasteiger partial charge is 0.469 e. The molecule has 0 bridgehead atoms. The minimum atomic E-state index is -0.400. The van der Waals surface area contributed by atoms with Crippen LogP contribution in [0.2, 0.25) is 0 Å². The Morgan fingerprint density at radius 2 is 2.00 bits per heavy atom. The van der Waals surface area contributed by atoms with E-state index in [0.29, 0.717) is 17.7 Å². The number of nitrogen functional groups attached to an aromatic ring is 1. The summed E-state index contributed by atoms with van der Waals surface area (Å²) in [5.74, 6) is 0.258. The second kappa shape index (κ2) is 6.39. The van der Waals surface area contributed by atoms with Crippen molar-refractivity contribution in [3.05, 3.63) is 23.8 Å². The normalized spacial score (nSPS) is 15.3. The molecule has 1 saturated carbocycles. The molecule has 0 atom stereocenters. The van der Waals surface area contributed by atoms with Gasteiger partial charge in [-0.1, -0.05) is 0 Å². The monoisotopic (exact) mass is 309 g/mol. The zero-order valence-electron chi connectivity index (χ0n) is 12.2. The van der Waals surface area contributed by atoms with E-state index in [2.05, 4.69) is 4.74 Å². The van der Waals surface area contributed by atoms with E-state index in [1.54, 1.807) is 23.9 Å². The Morgan fingerprint density at radius 3 is 2.52 bits per heavy atom. The van der Waals surface area contributed by atoms with E-state index < -0.39 is 5.97 Å². The van der Waals surface area contributed by atoms with Crippen LogP contribution in [-0.2, 0) is 14.3 Å². The Morgan fingerprint density at radius 1 is 1.29 bits per heavy atom. The number of thioether (sulfide) groups is 1. The number of carbonyl (C=O) groups is 2. The van der Waals surface area contributed by atoms with Gasteiger partial charge in [-0.05, 0) is 36.5 Å². The van der Waals surface area contributed by atoms with Crippen molar-refractivity contribution >= 4 is 29.4 Å². The molecule has 1 aromatic rings. The standard InChI is InChI=1S/C15H19NO4S/c1-19-13(17)8-15(5-6-15)9-21-12-4-3-10(7-11(12)16)14(18)20-2/h3-4,7H,5-6,8-9,16H2,1-2H3. The van der Waals surface area contributed by atoms with Crippen LogP contribution >= 0.6 is 11.8 Å². The van der Waals surface area contributed by atoms with Gasteiger partial charge in [0, 0.05) is 16.3 Å². The lowest BCUT2D eigenvalue weighted by molar-refractivity contribution is -0.141. The Hall–Kier alpha value is -1.69. The summed E-state index contributed by atoms with van der Waals surface area (Å²) in [6.45, 7) is 0. The van der Waals surface area contributed by atoms with E-state index in [0.717, 1.165) is 23.5 Å². The third-order valence-corrected chi connectivity index (χ3v) is 5.11. The fraction of sp³-hybridized carbons (Fsp3) is 0.467. The predicted octanol–water partition coefficient (Wildman–Crippen LogP) is 2.49. The highest BCUT2D eigenvalue weighted by molar-refractivity contribution is 7.99. The van der Waals surface area contributed by atoms with E-state index in [1.807, 2.05) is 6.07 Å². The predicted molar refractivity (Wildman–Crippen MR) is 81.2 cm³/mol. The molecule has 0 aliphatic heterocycles. The highest BCUT2D eigenvalue weighted by Gasteiger charge is 2.44. The summed E-state index contributed by atoms with van der Waals surface area (Å²) in [4.78, 5) is 23.7. The van der Waals surface area contributed by atoms with Crippen LogP contribution in [-0.4, -0.2) is 31.9 Å². The van der Waals surface area contributed by atoms with Gasteiger partial charge in [0.2, 0.25) is 0 Å². The number of rotatable bonds is 6. The van der Waals surface area contributed by atoms with Crippen LogP contribution in [0, 0.1) is 5.41 Å². The third kappa shape index (κ3) is 3.91. The van der Waals surface area contributed by atoms with E-state index >= 15 is 0 Å². The van der Waals surface area contributed by atoms with Gasteiger partial charge in [-0.3, -0.25) is 4.79 Å². The van der Waals surface area contributed by atoms with Crippen LogP contribution in [0.15, 0.2) is 23.1 Å². The number of benzene rings is 1. The Balaban J connectivity index is 1.98. The summed E-state index contributed by atoms with van der Waals surface area (Å²) in [5.41, 5.74) is 7.01. The van der Waals surface area contributed by atoms with Crippen molar-refractivity contribution in [2.24, 2.45) is 5.41 Å². The zero-order chi connectivity index (χ0) is 15.5. The van der Waals surface area contributed by atoms with Gasteiger partial charge in [0.05, 0.1) is 26.2 Å². The van der Waals surface area contributed by atoms with Crippen molar-refractivity contribution < 1.29 is 19.1 Å². The third-order valence-electron chi connectivity index (χ3n) is 3.67. The SMILES string of the molecule is COC(=O)CC1(CSc2ccc(C(=O)OC)cc2N)CC1. The van der Waals surface area contributed by atoms with Crippen LogP contribution in [0.3, 0.4) is 0 Å². The first kappa shape index (κ1) is 15.7. The molecule has 0 spiro atoms. The number of anilines is 1. The highest BCUT2D eigenvalue weighted by Crippen LogP contribution is 2.52. The van der Waals surface area contributed by atoms with Crippen molar-refractivity contribution in [3.8, 4) is 0 Å². The lowest BCUT2D eigenvalue weighted by Gasteiger charge is -2.14. The van der Waals surface area contributed by atoms with Gasteiger partial charge < -0.3 is 15.2 Å². The number of hydrogen-bond acceptors (Lipinski definition) is 6. The van der Waals surface area contributed by atoms with E-state index in [1.165, 1.54) is 14.2 Å². The lowest BCUT2D eigenvalue weighted by Crippen LogP contribution is -2.13. The van der Waals surface area contributed by atoms with E-state index in [4.69, 9.17) is 10.5 Å². The van der Waals surface area contributed by atoms with E-state index in [-0.39, 0.29) is 11.4 Å². The molecule has 1 aromatic carbocycles. The molecule has 2 rings (SSSR count). The topological polar surface area (TPSA) is 78.6 Å². The number of nitrogens with two attached hydrogens (primary N) is 1. The molecule has 114 valence electrons. The molecular formula is C15H19NO4S. The molecule has 1 aliphatic rings. The summed E-state index contributed by atoms with van der Waals surface area (Å²) in [7, 11) is 2.75. The van der Waals surface area contributed by atoms with Crippen molar-refractivity contribution in [2.45, 2.75) is 24.2 Å². The van der Waals surface area contributed by atoms with E-state index in [9.17, 15) is 9.59 Å². The van der Waals surface area contributed by atoms with Gasteiger partial charge in [0.15, 0.2) is 0 Å². The van der Waals surface area contributed by atoms with Crippen molar-refractivity contribution in [2.75, 3.05) is 25.7 Å². The maximum absolute atomic E-state index is 11.4. The molecule has 0 saturated heterocycles. The number of hydrogen-bond donors (Lipinski definition) is 1. The first-order valence-electron chi connectivity index (χ1n) is 6.67. The maximum atomic E-state index is 11.4. The van der Waals surface area contributed by atoms with Crippen LogP contribution in [0.5, 0.6) is 0 Å². The first-order chi connectivity index (χ1) is 9.99. The summed E-state index contributed by atoms with van der Waals surface area (Å²) >= 11 is 1.61. The van der Waals surface area contributed by atoms with Crippen molar-refractivity contribution in [1.82, 2.24) is 0 Å². The van der Waals surface area contributed by atoms with Crippen molar-refractivity contribution in [1.29, 1.82) is 0 Å². The van der Waals surface area contributed by atoms with Crippen LogP contribution in [0.25, 0.3) is 0 Å². The minimum Gasteiger partial charge on any atom is -0.469 e. The molecule has 21 heavy (non-hydrogen) atoms. The van der Waals surface area contributed by atoms with Gasteiger partial charge >= 0.3 is 11.9 Å². The number of carbonyl (C=O) groups excluding carboxylic acids is 2. The summed E-state index contributed by atoms with van der Waals surface area (Å²) in [6, 6.07) is 5.14.